The molecule has 2 N–H and O–H groups in total. The second kappa shape index (κ2) is 6.82. The molecule has 0 amide bonds. The Balaban J connectivity index is 2.50. The first-order valence-corrected chi connectivity index (χ1v) is 8.21. The molecule has 0 aliphatic rings. The Morgan fingerprint density at radius 2 is 1.14 bits per heavy atom. The number of hydrogen-bond donors (Lipinski definition) is 2. The molecule has 0 spiro atoms. The lowest BCUT2D eigenvalue weighted by Crippen LogP contribution is -2.27. The van der Waals surface area contributed by atoms with Gasteiger partial charge in [0.1, 0.15) is 11.5 Å². The van der Waals surface area contributed by atoms with E-state index in [0.717, 1.165) is 12.1 Å². The largest absolute Gasteiger partial charge is 0.507 e. The topological polar surface area (TPSA) is 40.5 Å². The van der Waals surface area contributed by atoms with Gasteiger partial charge in [0, 0.05) is 16.7 Å². The van der Waals surface area contributed by atoms with Crippen LogP contribution in [0.3, 0.4) is 0 Å². The maximum absolute atomic E-state index is 16.6. The van der Waals surface area contributed by atoms with Crippen LogP contribution < -0.4 is 0 Å². The lowest BCUT2D eigenvalue weighted by Gasteiger charge is -2.30. The highest BCUT2D eigenvalue weighted by Crippen LogP contribution is 2.49. The van der Waals surface area contributed by atoms with Crippen LogP contribution in [0.25, 0.3) is 0 Å². The number of para-hydroxylation sites is 2. The second-order valence-corrected chi connectivity index (χ2v) is 6.45. The number of phenolic OH excluding ortho intramolecular Hbond substituents is 2. The Morgan fingerprint density at radius 3 is 1.61 bits per heavy atom. The van der Waals surface area contributed by atoms with Crippen molar-refractivity contribution in [1.29, 1.82) is 0 Å². The number of rotatable bonds is 3. The molecular weight excluding hydrogens is 379 g/mol. The maximum atomic E-state index is 16.6. The summed E-state index contributed by atoms with van der Waals surface area (Å²) < 4.78 is 72.4. The third-order valence-electron chi connectivity index (χ3n) is 4.69. The van der Waals surface area contributed by atoms with Crippen LogP contribution in [-0.2, 0) is 5.67 Å². The first-order chi connectivity index (χ1) is 13.1. The minimum absolute atomic E-state index is 0.178. The molecule has 146 valence electrons. The number of aromatic hydroxyl groups is 2. The first kappa shape index (κ1) is 19.7. The molecule has 0 radical (unpaired) electrons. The summed E-state index contributed by atoms with van der Waals surface area (Å²) in [4.78, 5) is 0. The molecule has 2 nitrogen and oxygen atoms in total. The molecule has 0 unspecified atom stereocenters. The molecule has 28 heavy (non-hydrogen) atoms. The number of benzene rings is 3. The van der Waals surface area contributed by atoms with E-state index < -0.39 is 57.1 Å². The molecule has 0 saturated carbocycles. The Kier molecular flexibility index (Phi) is 4.79. The van der Waals surface area contributed by atoms with Gasteiger partial charge in [0.15, 0.2) is 28.9 Å². The SMILES string of the molecule is Cc1cccc(C(F)(c2cccc(C)c2O)c2cc(F)c(F)c(F)c2F)c1O. The summed E-state index contributed by atoms with van der Waals surface area (Å²) in [5, 5.41) is 20.8. The fourth-order valence-corrected chi connectivity index (χ4v) is 3.13. The average Bonchev–Trinajstić information content (AvgIpc) is 2.66. The van der Waals surface area contributed by atoms with Crippen molar-refractivity contribution >= 4 is 0 Å². The van der Waals surface area contributed by atoms with Gasteiger partial charge in [-0.15, -0.1) is 0 Å². The summed E-state index contributed by atoms with van der Waals surface area (Å²) in [6, 6.07) is 7.93. The van der Waals surface area contributed by atoms with E-state index in [4.69, 9.17) is 0 Å². The van der Waals surface area contributed by atoms with E-state index in [2.05, 4.69) is 0 Å². The molecule has 3 rings (SSSR count). The van der Waals surface area contributed by atoms with Gasteiger partial charge in [-0.1, -0.05) is 36.4 Å². The van der Waals surface area contributed by atoms with Crippen LogP contribution in [0.1, 0.15) is 27.8 Å². The van der Waals surface area contributed by atoms with Gasteiger partial charge in [0.25, 0.3) is 0 Å². The summed E-state index contributed by atoms with van der Waals surface area (Å²) in [7, 11) is 0. The highest BCUT2D eigenvalue weighted by molar-refractivity contribution is 5.59. The maximum Gasteiger partial charge on any atom is 0.197 e. The summed E-state index contributed by atoms with van der Waals surface area (Å²) in [5.41, 5.74) is -5.14. The van der Waals surface area contributed by atoms with Crippen molar-refractivity contribution in [2.75, 3.05) is 0 Å². The van der Waals surface area contributed by atoms with Gasteiger partial charge in [0.2, 0.25) is 0 Å². The number of alkyl halides is 1. The molecule has 0 aliphatic heterocycles. The standard InChI is InChI=1S/C21H15F5O2/c1-10-5-3-7-12(19(10)27)21(26,13-8-4-6-11(2)20(13)28)14-9-15(22)17(24)18(25)16(14)23/h3-9,27-28H,1-2H3. The van der Waals surface area contributed by atoms with Crippen LogP contribution in [0.5, 0.6) is 11.5 Å². The Labute approximate surface area is 157 Å². The Morgan fingerprint density at radius 1 is 0.679 bits per heavy atom. The van der Waals surface area contributed by atoms with Crippen LogP contribution in [0.4, 0.5) is 22.0 Å². The quantitative estimate of drug-likeness (QED) is 0.265. The zero-order chi connectivity index (χ0) is 20.8. The van der Waals surface area contributed by atoms with Crippen molar-refractivity contribution in [1.82, 2.24) is 0 Å². The minimum atomic E-state index is -3.22. The van der Waals surface area contributed by atoms with Crippen molar-refractivity contribution in [2.24, 2.45) is 0 Å². The van der Waals surface area contributed by atoms with E-state index in [1.807, 2.05) is 0 Å². The predicted octanol–water partition coefficient (Wildman–Crippen LogP) is 5.53. The van der Waals surface area contributed by atoms with Crippen LogP contribution in [0.2, 0.25) is 0 Å². The lowest BCUT2D eigenvalue weighted by molar-refractivity contribution is 0.248. The zero-order valence-electron chi connectivity index (χ0n) is 14.8. The highest BCUT2D eigenvalue weighted by Gasteiger charge is 2.45. The fraction of sp³-hybridized carbons (Fsp3) is 0.143. The molecule has 0 aliphatic carbocycles. The first-order valence-electron chi connectivity index (χ1n) is 8.21. The molecule has 0 fully saturated rings. The van der Waals surface area contributed by atoms with E-state index in [0.29, 0.717) is 0 Å². The Bertz CT molecular complexity index is 1030. The second-order valence-electron chi connectivity index (χ2n) is 6.45. The van der Waals surface area contributed by atoms with Gasteiger partial charge >= 0.3 is 0 Å². The molecule has 3 aromatic carbocycles. The fourth-order valence-electron chi connectivity index (χ4n) is 3.13. The molecule has 3 aromatic rings. The molecule has 0 saturated heterocycles. The van der Waals surface area contributed by atoms with E-state index in [9.17, 15) is 27.8 Å². The van der Waals surface area contributed by atoms with Gasteiger partial charge in [-0.2, -0.15) is 0 Å². The smallest absolute Gasteiger partial charge is 0.197 e. The van der Waals surface area contributed by atoms with Crippen molar-refractivity contribution in [3.05, 3.63) is 93.6 Å². The van der Waals surface area contributed by atoms with Crippen molar-refractivity contribution < 1.29 is 32.2 Å². The molecular formula is C21H15F5O2. The molecule has 0 bridgehead atoms. The van der Waals surface area contributed by atoms with Crippen molar-refractivity contribution in [3.63, 3.8) is 0 Å². The highest BCUT2D eigenvalue weighted by atomic mass is 19.2. The van der Waals surface area contributed by atoms with E-state index in [1.54, 1.807) is 0 Å². The monoisotopic (exact) mass is 394 g/mol. The summed E-state index contributed by atoms with van der Waals surface area (Å²) in [5.74, 6) is -9.27. The van der Waals surface area contributed by atoms with Gasteiger partial charge in [-0.3, -0.25) is 0 Å². The normalized spacial score (nSPS) is 11.7. The number of hydrogen-bond acceptors (Lipinski definition) is 2. The van der Waals surface area contributed by atoms with Crippen molar-refractivity contribution in [2.45, 2.75) is 19.5 Å². The van der Waals surface area contributed by atoms with E-state index >= 15 is 4.39 Å². The van der Waals surface area contributed by atoms with Gasteiger partial charge in [-0.25, -0.2) is 22.0 Å². The minimum Gasteiger partial charge on any atom is -0.507 e. The van der Waals surface area contributed by atoms with Gasteiger partial charge in [0.05, 0.1) is 0 Å². The Hall–Kier alpha value is -3.09. The molecule has 7 heteroatoms. The van der Waals surface area contributed by atoms with Crippen LogP contribution in [0, 0.1) is 37.1 Å². The van der Waals surface area contributed by atoms with Crippen LogP contribution in [0.15, 0.2) is 42.5 Å². The van der Waals surface area contributed by atoms with E-state index in [-0.39, 0.29) is 17.2 Å². The molecule has 0 heterocycles. The van der Waals surface area contributed by atoms with Crippen LogP contribution in [-0.4, -0.2) is 10.2 Å². The van der Waals surface area contributed by atoms with Gasteiger partial charge in [-0.05, 0) is 31.0 Å². The van der Waals surface area contributed by atoms with E-state index in [1.165, 1.54) is 38.1 Å². The lowest BCUT2D eigenvalue weighted by atomic mass is 9.79. The van der Waals surface area contributed by atoms with Crippen molar-refractivity contribution in [3.8, 4) is 11.5 Å². The number of aryl methyl sites for hydroxylation is 2. The van der Waals surface area contributed by atoms with Crippen LogP contribution >= 0.6 is 0 Å². The predicted molar refractivity (Wildman–Crippen MR) is 93.0 cm³/mol. The summed E-state index contributed by atoms with van der Waals surface area (Å²) in [6.45, 7) is 2.88. The third kappa shape index (κ3) is 2.78. The zero-order valence-corrected chi connectivity index (χ0v) is 14.8. The average molecular weight is 394 g/mol. The summed E-state index contributed by atoms with van der Waals surface area (Å²) >= 11 is 0. The molecule has 0 aromatic heterocycles. The summed E-state index contributed by atoms with van der Waals surface area (Å²) in [6.07, 6.45) is 0. The van der Waals surface area contributed by atoms with Gasteiger partial charge < -0.3 is 10.2 Å². The number of phenols is 2. The third-order valence-corrected chi connectivity index (χ3v) is 4.69. The molecule has 0 atom stereocenters. The number of halogens is 5.